The van der Waals surface area contributed by atoms with Gasteiger partial charge in [0.1, 0.15) is 4.83 Å². The number of aromatic nitrogens is 4. The van der Waals surface area contributed by atoms with Crippen LogP contribution in [0.25, 0.3) is 21.1 Å². The van der Waals surface area contributed by atoms with Crippen LogP contribution in [0.5, 0.6) is 0 Å². The third kappa shape index (κ3) is 3.30. The summed E-state index contributed by atoms with van der Waals surface area (Å²) in [4.78, 5) is 50.4. The Morgan fingerprint density at radius 2 is 2.07 bits per heavy atom. The van der Waals surface area contributed by atoms with E-state index in [1.54, 1.807) is 29.5 Å². The van der Waals surface area contributed by atoms with E-state index < -0.39 is 0 Å². The van der Waals surface area contributed by atoms with E-state index in [0.717, 1.165) is 41.5 Å². The molecule has 1 aliphatic rings. The van der Waals surface area contributed by atoms with E-state index in [2.05, 4.69) is 20.3 Å². The number of nitrogens with one attached hydrogen (secondary N) is 2. The van der Waals surface area contributed by atoms with Gasteiger partial charge in [-0.1, -0.05) is 0 Å². The van der Waals surface area contributed by atoms with Crippen molar-refractivity contribution in [3.8, 4) is 0 Å². The Balaban J connectivity index is 1.33. The molecule has 0 spiro atoms. The van der Waals surface area contributed by atoms with Crippen LogP contribution < -0.4 is 16.4 Å². The molecule has 4 aromatic rings. The minimum atomic E-state index is -0.263. The number of carbonyl (C=O) groups excluding carboxylic acids is 1. The fourth-order valence-corrected chi connectivity index (χ4v) is 5.15. The SMILES string of the molecule is O=C(CCn1cnc2sc3c(c2c1=O)CCCC3)Nc1ccc2nc[nH]c(=O)c2c1. The predicted octanol–water partition coefficient (Wildman–Crippen LogP) is 2.60. The number of H-pyrrole nitrogens is 1. The molecule has 5 rings (SSSR count). The topological polar surface area (TPSA) is 110 Å². The smallest absolute Gasteiger partial charge is 0.262 e. The van der Waals surface area contributed by atoms with Gasteiger partial charge in [0.15, 0.2) is 0 Å². The minimum absolute atomic E-state index is 0.0736. The molecule has 30 heavy (non-hydrogen) atoms. The largest absolute Gasteiger partial charge is 0.326 e. The van der Waals surface area contributed by atoms with Gasteiger partial charge in [-0.05, 0) is 49.4 Å². The highest BCUT2D eigenvalue weighted by molar-refractivity contribution is 7.18. The zero-order valence-electron chi connectivity index (χ0n) is 16.1. The van der Waals surface area contributed by atoms with E-state index in [4.69, 9.17) is 0 Å². The maximum atomic E-state index is 13.0. The molecule has 1 amide bonds. The fourth-order valence-electron chi connectivity index (χ4n) is 3.93. The first-order valence-corrected chi connectivity index (χ1v) is 10.7. The molecule has 8 nitrogen and oxygen atoms in total. The Kier molecular flexibility index (Phi) is 4.66. The van der Waals surface area contributed by atoms with E-state index >= 15 is 0 Å². The molecule has 0 saturated heterocycles. The van der Waals surface area contributed by atoms with Crippen molar-refractivity contribution < 1.29 is 4.79 Å². The lowest BCUT2D eigenvalue weighted by atomic mass is 9.97. The summed E-state index contributed by atoms with van der Waals surface area (Å²) in [5.74, 6) is -0.242. The number of anilines is 1. The van der Waals surface area contributed by atoms with E-state index in [1.165, 1.54) is 22.1 Å². The van der Waals surface area contributed by atoms with Crippen molar-refractivity contribution in [2.45, 2.75) is 38.6 Å². The number of aromatic amines is 1. The van der Waals surface area contributed by atoms with E-state index in [9.17, 15) is 14.4 Å². The van der Waals surface area contributed by atoms with Gasteiger partial charge in [0.25, 0.3) is 11.1 Å². The van der Waals surface area contributed by atoms with Crippen LogP contribution in [0.2, 0.25) is 0 Å². The number of fused-ring (bicyclic) bond motifs is 4. The first kappa shape index (κ1) is 18.7. The quantitative estimate of drug-likeness (QED) is 0.526. The number of amides is 1. The summed E-state index contributed by atoms with van der Waals surface area (Å²) in [5.41, 5.74) is 1.88. The number of hydrogen-bond donors (Lipinski definition) is 2. The van der Waals surface area contributed by atoms with E-state index in [1.807, 2.05) is 0 Å². The maximum Gasteiger partial charge on any atom is 0.262 e. The van der Waals surface area contributed by atoms with Crippen molar-refractivity contribution in [3.05, 3.63) is 62.0 Å². The monoisotopic (exact) mass is 421 g/mol. The molecule has 2 N–H and O–H groups in total. The molecule has 0 unspecified atom stereocenters. The summed E-state index contributed by atoms with van der Waals surface area (Å²) in [7, 11) is 0. The molecule has 9 heteroatoms. The normalized spacial score (nSPS) is 13.5. The molecular weight excluding hydrogens is 402 g/mol. The lowest BCUT2D eigenvalue weighted by Crippen LogP contribution is -2.24. The van der Waals surface area contributed by atoms with Gasteiger partial charge in [-0.3, -0.25) is 19.0 Å². The average molecular weight is 421 g/mol. The zero-order valence-corrected chi connectivity index (χ0v) is 16.9. The van der Waals surface area contributed by atoms with Crippen molar-refractivity contribution in [2.24, 2.45) is 0 Å². The number of aryl methyl sites for hydroxylation is 3. The fraction of sp³-hybridized carbons (Fsp3) is 0.286. The maximum absolute atomic E-state index is 13.0. The highest BCUT2D eigenvalue weighted by Gasteiger charge is 2.20. The first-order valence-electron chi connectivity index (χ1n) is 9.87. The third-order valence-corrected chi connectivity index (χ3v) is 6.65. The van der Waals surface area contributed by atoms with Crippen LogP contribution >= 0.6 is 11.3 Å². The molecule has 0 aliphatic heterocycles. The summed E-state index contributed by atoms with van der Waals surface area (Å²) in [6.07, 6.45) is 7.19. The van der Waals surface area contributed by atoms with Gasteiger partial charge in [-0.15, -0.1) is 11.3 Å². The van der Waals surface area contributed by atoms with Crippen LogP contribution in [0, 0.1) is 0 Å². The van der Waals surface area contributed by atoms with Gasteiger partial charge >= 0.3 is 0 Å². The second-order valence-electron chi connectivity index (χ2n) is 7.40. The van der Waals surface area contributed by atoms with Gasteiger partial charge in [0, 0.05) is 23.5 Å². The number of hydrogen-bond acceptors (Lipinski definition) is 6. The van der Waals surface area contributed by atoms with Crippen molar-refractivity contribution in [3.63, 3.8) is 0 Å². The summed E-state index contributed by atoms with van der Waals surface area (Å²) < 4.78 is 1.51. The van der Waals surface area contributed by atoms with Crippen LogP contribution in [0.1, 0.15) is 29.7 Å². The first-order chi connectivity index (χ1) is 14.6. The molecule has 0 bridgehead atoms. The molecule has 0 fully saturated rings. The van der Waals surface area contributed by atoms with E-state index in [0.29, 0.717) is 16.6 Å². The second-order valence-corrected chi connectivity index (χ2v) is 8.48. The Morgan fingerprint density at radius 3 is 2.97 bits per heavy atom. The highest BCUT2D eigenvalue weighted by atomic mass is 32.1. The second kappa shape index (κ2) is 7.49. The van der Waals surface area contributed by atoms with Gasteiger partial charge in [0.2, 0.25) is 5.91 Å². The summed E-state index contributed by atoms with van der Waals surface area (Å²) in [6.45, 7) is 0.244. The lowest BCUT2D eigenvalue weighted by Gasteiger charge is -2.10. The Bertz CT molecular complexity index is 1400. The number of thiophene rings is 1. The predicted molar refractivity (Wildman–Crippen MR) is 116 cm³/mol. The van der Waals surface area contributed by atoms with Crippen molar-refractivity contribution in [2.75, 3.05) is 5.32 Å². The van der Waals surface area contributed by atoms with Gasteiger partial charge in [-0.2, -0.15) is 0 Å². The number of rotatable bonds is 4. The van der Waals surface area contributed by atoms with Crippen molar-refractivity contribution in [1.82, 2.24) is 19.5 Å². The number of nitrogens with zero attached hydrogens (tertiary/aromatic N) is 3. The van der Waals surface area contributed by atoms with Gasteiger partial charge < -0.3 is 10.3 Å². The average Bonchev–Trinajstić information content (AvgIpc) is 3.13. The Morgan fingerprint density at radius 1 is 1.20 bits per heavy atom. The molecule has 0 radical (unpaired) electrons. The molecule has 0 saturated carbocycles. The van der Waals surface area contributed by atoms with Crippen LogP contribution in [0.4, 0.5) is 5.69 Å². The summed E-state index contributed by atoms with van der Waals surface area (Å²) >= 11 is 1.61. The standard InChI is InChI=1S/C21H19N5O3S/c27-17(25-12-5-6-15-14(9-12)19(28)23-10-22-15)7-8-26-11-24-20-18(21(26)29)13-3-1-2-4-16(13)30-20/h5-6,9-11H,1-4,7-8H2,(H,25,27)(H,22,23,28). The molecule has 1 aliphatic carbocycles. The summed E-state index contributed by atoms with van der Waals surface area (Å²) in [5, 5.41) is 3.91. The Labute approximate surface area is 174 Å². The van der Waals surface area contributed by atoms with Crippen molar-refractivity contribution >= 4 is 44.1 Å². The van der Waals surface area contributed by atoms with Crippen molar-refractivity contribution in [1.29, 1.82) is 0 Å². The number of benzene rings is 1. The number of carbonyl (C=O) groups is 1. The lowest BCUT2D eigenvalue weighted by molar-refractivity contribution is -0.116. The minimum Gasteiger partial charge on any atom is -0.326 e. The zero-order chi connectivity index (χ0) is 20.7. The molecule has 1 aromatic carbocycles. The summed E-state index contributed by atoms with van der Waals surface area (Å²) in [6, 6.07) is 4.98. The van der Waals surface area contributed by atoms with Crippen LogP contribution in [0.15, 0.2) is 40.4 Å². The Hall–Kier alpha value is -3.33. The molecule has 3 aromatic heterocycles. The van der Waals surface area contributed by atoms with Gasteiger partial charge in [0.05, 0.1) is 28.9 Å². The molecular formula is C21H19N5O3S. The van der Waals surface area contributed by atoms with E-state index in [-0.39, 0.29) is 30.0 Å². The molecule has 152 valence electrons. The van der Waals surface area contributed by atoms with Crippen LogP contribution in [0.3, 0.4) is 0 Å². The third-order valence-electron chi connectivity index (χ3n) is 5.45. The van der Waals surface area contributed by atoms with Crippen LogP contribution in [-0.4, -0.2) is 25.4 Å². The molecule has 0 atom stereocenters. The molecule has 3 heterocycles. The van der Waals surface area contributed by atoms with Crippen LogP contribution in [-0.2, 0) is 24.2 Å². The van der Waals surface area contributed by atoms with Gasteiger partial charge in [-0.25, -0.2) is 9.97 Å². The highest BCUT2D eigenvalue weighted by Crippen LogP contribution is 2.33.